The first-order valence-corrected chi connectivity index (χ1v) is 6.53. The molecule has 0 radical (unpaired) electrons. The summed E-state index contributed by atoms with van der Waals surface area (Å²) in [6.45, 7) is 1.67. The number of ether oxygens (including phenoxy) is 1. The maximum absolute atomic E-state index is 6.35. The van der Waals surface area contributed by atoms with Gasteiger partial charge in [-0.2, -0.15) is 0 Å². The average Bonchev–Trinajstić information content (AvgIpc) is 2.98. The number of benzene rings is 1. The molecule has 2 atom stereocenters. The van der Waals surface area contributed by atoms with Crippen molar-refractivity contribution in [2.75, 3.05) is 13.2 Å². The Bertz CT molecular complexity index is 487. The molecule has 1 aromatic carbocycles. The fraction of sp³-hybridized carbons (Fsp3) is 0.385. The van der Waals surface area contributed by atoms with E-state index in [1.165, 1.54) is 15.6 Å². The van der Waals surface area contributed by atoms with Gasteiger partial charge in [0.1, 0.15) is 0 Å². The molecule has 2 aromatic rings. The van der Waals surface area contributed by atoms with Gasteiger partial charge in [0, 0.05) is 23.3 Å². The van der Waals surface area contributed by atoms with Gasteiger partial charge in [-0.05, 0) is 28.8 Å². The number of rotatable bonds is 2. The molecule has 1 saturated heterocycles. The zero-order chi connectivity index (χ0) is 11.0. The van der Waals surface area contributed by atoms with Gasteiger partial charge in [-0.1, -0.05) is 18.2 Å². The minimum atomic E-state index is 0.116. The number of hydrogen-bond acceptors (Lipinski definition) is 3. The van der Waals surface area contributed by atoms with E-state index in [0.29, 0.717) is 5.92 Å². The van der Waals surface area contributed by atoms with Crippen LogP contribution >= 0.6 is 11.3 Å². The molecule has 2 unspecified atom stereocenters. The Hall–Kier alpha value is -0.900. The van der Waals surface area contributed by atoms with Gasteiger partial charge in [-0.3, -0.25) is 0 Å². The number of hydrogen-bond donors (Lipinski definition) is 1. The van der Waals surface area contributed by atoms with E-state index in [-0.39, 0.29) is 6.04 Å². The molecule has 2 N–H and O–H groups in total. The predicted molar refractivity (Wildman–Crippen MR) is 67.7 cm³/mol. The molecule has 0 aliphatic carbocycles. The van der Waals surface area contributed by atoms with Crippen LogP contribution in [0.3, 0.4) is 0 Å². The van der Waals surface area contributed by atoms with Crippen molar-refractivity contribution in [3.8, 4) is 0 Å². The SMILES string of the molecule is NC(c1cccc2ccsc12)C1CCOC1. The maximum Gasteiger partial charge on any atom is 0.0513 e. The molecule has 0 amide bonds. The van der Waals surface area contributed by atoms with Crippen LogP contribution in [0.15, 0.2) is 29.6 Å². The molecule has 0 bridgehead atoms. The highest BCUT2D eigenvalue weighted by Gasteiger charge is 2.25. The highest BCUT2D eigenvalue weighted by molar-refractivity contribution is 7.17. The molecule has 3 rings (SSSR count). The van der Waals surface area contributed by atoms with Gasteiger partial charge >= 0.3 is 0 Å². The van der Waals surface area contributed by atoms with Crippen LogP contribution in [0.4, 0.5) is 0 Å². The first-order chi connectivity index (χ1) is 7.86. The Morgan fingerprint density at radius 1 is 1.38 bits per heavy atom. The third-order valence-corrected chi connectivity index (χ3v) is 4.32. The van der Waals surface area contributed by atoms with Gasteiger partial charge in [0.05, 0.1) is 6.61 Å². The lowest BCUT2D eigenvalue weighted by Crippen LogP contribution is -2.21. The summed E-state index contributed by atoms with van der Waals surface area (Å²) in [5, 5.41) is 3.43. The van der Waals surface area contributed by atoms with E-state index in [9.17, 15) is 0 Å². The minimum Gasteiger partial charge on any atom is -0.381 e. The molecular formula is C13H15NOS. The van der Waals surface area contributed by atoms with Gasteiger partial charge in [-0.15, -0.1) is 11.3 Å². The Balaban J connectivity index is 2.00. The summed E-state index contributed by atoms with van der Waals surface area (Å²) in [4.78, 5) is 0. The van der Waals surface area contributed by atoms with E-state index in [2.05, 4.69) is 29.6 Å². The number of thiophene rings is 1. The fourth-order valence-corrected chi connectivity index (χ4v) is 3.33. The van der Waals surface area contributed by atoms with Crippen LogP contribution in [0.1, 0.15) is 18.0 Å². The lowest BCUT2D eigenvalue weighted by Gasteiger charge is -2.18. The summed E-state index contributed by atoms with van der Waals surface area (Å²) in [5.41, 5.74) is 7.63. The number of fused-ring (bicyclic) bond motifs is 1. The Morgan fingerprint density at radius 3 is 3.12 bits per heavy atom. The molecule has 16 heavy (non-hydrogen) atoms. The van der Waals surface area contributed by atoms with Crippen LogP contribution in [0, 0.1) is 5.92 Å². The first kappa shape index (κ1) is 10.3. The Labute approximate surface area is 99.0 Å². The molecule has 1 aliphatic heterocycles. The van der Waals surface area contributed by atoms with Crippen molar-refractivity contribution in [3.63, 3.8) is 0 Å². The zero-order valence-electron chi connectivity index (χ0n) is 9.06. The van der Waals surface area contributed by atoms with E-state index in [0.717, 1.165) is 19.6 Å². The van der Waals surface area contributed by atoms with Crippen molar-refractivity contribution in [1.82, 2.24) is 0 Å². The lowest BCUT2D eigenvalue weighted by atomic mass is 9.93. The highest BCUT2D eigenvalue weighted by Crippen LogP contribution is 2.33. The number of nitrogens with two attached hydrogens (primary N) is 1. The maximum atomic E-state index is 6.35. The Kier molecular flexibility index (Phi) is 2.67. The standard InChI is InChI=1S/C13H15NOS/c14-12(10-4-6-15-8-10)11-3-1-2-9-5-7-16-13(9)11/h1-3,5,7,10,12H,4,6,8,14H2. The van der Waals surface area contributed by atoms with Crippen LogP contribution < -0.4 is 5.73 Å². The molecule has 2 nitrogen and oxygen atoms in total. The topological polar surface area (TPSA) is 35.2 Å². The smallest absolute Gasteiger partial charge is 0.0513 e. The summed E-state index contributed by atoms with van der Waals surface area (Å²) in [5.74, 6) is 0.479. The normalized spacial score (nSPS) is 22.7. The van der Waals surface area contributed by atoms with E-state index in [4.69, 9.17) is 10.5 Å². The van der Waals surface area contributed by atoms with E-state index in [1.807, 2.05) is 0 Å². The quantitative estimate of drug-likeness (QED) is 0.865. The van der Waals surface area contributed by atoms with Crippen LogP contribution in [0.5, 0.6) is 0 Å². The van der Waals surface area contributed by atoms with Gasteiger partial charge in [0.2, 0.25) is 0 Å². The second kappa shape index (κ2) is 4.17. The zero-order valence-corrected chi connectivity index (χ0v) is 9.87. The summed E-state index contributed by atoms with van der Waals surface area (Å²) in [7, 11) is 0. The van der Waals surface area contributed by atoms with Gasteiger partial charge in [0.25, 0.3) is 0 Å². The molecule has 0 spiro atoms. The minimum absolute atomic E-state index is 0.116. The van der Waals surface area contributed by atoms with Gasteiger partial charge in [-0.25, -0.2) is 0 Å². The molecular weight excluding hydrogens is 218 g/mol. The molecule has 0 saturated carbocycles. The van der Waals surface area contributed by atoms with Crippen LogP contribution in [0.25, 0.3) is 10.1 Å². The molecule has 1 aliphatic rings. The van der Waals surface area contributed by atoms with E-state index >= 15 is 0 Å². The first-order valence-electron chi connectivity index (χ1n) is 5.66. The third-order valence-electron chi connectivity index (χ3n) is 3.34. The monoisotopic (exact) mass is 233 g/mol. The highest BCUT2D eigenvalue weighted by atomic mass is 32.1. The lowest BCUT2D eigenvalue weighted by molar-refractivity contribution is 0.181. The summed E-state index contributed by atoms with van der Waals surface area (Å²) < 4.78 is 6.75. The fourth-order valence-electron chi connectivity index (χ4n) is 2.37. The van der Waals surface area contributed by atoms with E-state index < -0.39 is 0 Å². The van der Waals surface area contributed by atoms with Crippen LogP contribution in [-0.4, -0.2) is 13.2 Å². The molecule has 84 valence electrons. The average molecular weight is 233 g/mol. The van der Waals surface area contributed by atoms with Crippen molar-refractivity contribution in [2.45, 2.75) is 12.5 Å². The van der Waals surface area contributed by atoms with Gasteiger partial charge < -0.3 is 10.5 Å². The summed E-state index contributed by atoms with van der Waals surface area (Å²) >= 11 is 1.78. The van der Waals surface area contributed by atoms with Crippen LogP contribution in [0.2, 0.25) is 0 Å². The van der Waals surface area contributed by atoms with Crippen molar-refractivity contribution in [2.24, 2.45) is 11.7 Å². The van der Waals surface area contributed by atoms with E-state index in [1.54, 1.807) is 11.3 Å². The van der Waals surface area contributed by atoms with Crippen molar-refractivity contribution in [3.05, 3.63) is 35.2 Å². The summed E-state index contributed by atoms with van der Waals surface area (Å²) in [6.07, 6.45) is 1.09. The van der Waals surface area contributed by atoms with Crippen molar-refractivity contribution in [1.29, 1.82) is 0 Å². The Morgan fingerprint density at radius 2 is 2.31 bits per heavy atom. The van der Waals surface area contributed by atoms with Crippen molar-refractivity contribution >= 4 is 21.4 Å². The van der Waals surface area contributed by atoms with Gasteiger partial charge in [0.15, 0.2) is 0 Å². The molecule has 1 aromatic heterocycles. The molecule has 2 heterocycles. The molecule has 3 heteroatoms. The van der Waals surface area contributed by atoms with Crippen molar-refractivity contribution < 1.29 is 4.74 Å². The predicted octanol–water partition coefficient (Wildman–Crippen LogP) is 2.94. The third kappa shape index (κ3) is 1.65. The second-order valence-electron chi connectivity index (χ2n) is 4.34. The van der Waals surface area contributed by atoms with Crippen LogP contribution in [-0.2, 0) is 4.74 Å². The summed E-state index contributed by atoms with van der Waals surface area (Å²) in [6, 6.07) is 8.67. The second-order valence-corrected chi connectivity index (χ2v) is 5.25. The largest absolute Gasteiger partial charge is 0.381 e. The molecule has 1 fully saturated rings.